The van der Waals surface area contributed by atoms with Gasteiger partial charge in [-0.1, -0.05) is 28.1 Å². The van der Waals surface area contributed by atoms with Crippen LogP contribution >= 0.6 is 15.9 Å². The lowest BCUT2D eigenvalue weighted by Gasteiger charge is -2.07. The number of nitrogens with zero attached hydrogens (tertiary/aromatic N) is 2. The summed E-state index contributed by atoms with van der Waals surface area (Å²) in [6.45, 7) is 0. The van der Waals surface area contributed by atoms with E-state index in [2.05, 4.69) is 20.9 Å². The maximum Gasteiger partial charge on any atom is 0.148 e. The molecular weight excluding hydrogens is 292 g/mol. The molecule has 0 N–H and O–H groups in total. The lowest BCUT2D eigenvalue weighted by molar-refractivity contribution is 0.416. The molecule has 2 heterocycles. The van der Waals surface area contributed by atoms with Crippen LogP contribution in [0.15, 0.2) is 53.3 Å². The van der Waals surface area contributed by atoms with Crippen LogP contribution in [0.5, 0.6) is 5.75 Å². The van der Waals surface area contributed by atoms with Crippen LogP contribution in [0.2, 0.25) is 0 Å². The van der Waals surface area contributed by atoms with E-state index in [4.69, 9.17) is 4.74 Å². The van der Waals surface area contributed by atoms with E-state index >= 15 is 0 Å². The number of aromatic nitrogens is 2. The normalized spacial score (nSPS) is 10.8. The highest BCUT2D eigenvalue weighted by Gasteiger charge is 2.10. The van der Waals surface area contributed by atoms with Crippen molar-refractivity contribution in [1.29, 1.82) is 0 Å². The molecular formula is C14H11BrN2O. The first-order valence-electron chi connectivity index (χ1n) is 5.55. The van der Waals surface area contributed by atoms with Crippen molar-refractivity contribution in [3.63, 3.8) is 0 Å². The zero-order valence-corrected chi connectivity index (χ0v) is 11.4. The van der Waals surface area contributed by atoms with Crippen LogP contribution in [0.1, 0.15) is 0 Å². The fraction of sp³-hybridized carbons (Fsp3) is 0.0714. The number of imidazole rings is 1. The summed E-state index contributed by atoms with van der Waals surface area (Å²) >= 11 is 3.46. The monoisotopic (exact) mass is 302 g/mol. The summed E-state index contributed by atoms with van der Waals surface area (Å²) in [5.41, 5.74) is 2.03. The van der Waals surface area contributed by atoms with E-state index in [0.717, 1.165) is 27.1 Å². The Morgan fingerprint density at radius 3 is 2.89 bits per heavy atom. The van der Waals surface area contributed by atoms with Crippen molar-refractivity contribution in [3.05, 3.63) is 53.3 Å². The van der Waals surface area contributed by atoms with Crippen molar-refractivity contribution in [2.45, 2.75) is 0 Å². The fourth-order valence-electron chi connectivity index (χ4n) is 2.00. The lowest BCUT2D eigenvalue weighted by Crippen LogP contribution is -1.92. The van der Waals surface area contributed by atoms with Crippen LogP contribution in [0.3, 0.4) is 0 Å². The topological polar surface area (TPSA) is 26.5 Å². The number of para-hydroxylation sites is 1. The molecule has 0 aliphatic rings. The number of rotatable bonds is 2. The highest BCUT2D eigenvalue weighted by Crippen LogP contribution is 2.29. The van der Waals surface area contributed by atoms with E-state index in [1.54, 1.807) is 7.11 Å². The molecule has 0 aliphatic carbocycles. The van der Waals surface area contributed by atoms with E-state index in [0.29, 0.717) is 0 Å². The van der Waals surface area contributed by atoms with E-state index in [9.17, 15) is 0 Å². The van der Waals surface area contributed by atoms with E-state index in [1.165, 1.54) is 0 Å². The summed E-state index contributed by atoms with van der Waals surface area (Å²) in [5.74, 6) is 1.71. The first-order chi connectivity index (χ1) is 8.79. The van der Waals surface area contributed by atoms with Gasteiger partial charge in [0.1, 0.15) is 11.6 Å². The molecule has 0 fully saturated rings. The first-order valence-corrected chi connectivity index (χ1v) is 6.35. The van der Waals surface area contributed by atoms with Gasteiger partial charge in [0.05, 0.1) is 24.4 Å². The van der Waals surface area contributed by atoms with Crippen LogP contribution < -0.4 is 4.74 Å². The summed E-state index contributed by atoms with van der Waals surface area (Å²) in [5, 5.41) is 0. The second-order valence-electron chi connectivity index (χ2n) is 3.92. The minimum absolute atomic E-state index is 0.827. The van der Waals surface area contributed by atoms with Crippen molar-refractivity contribution < 1.29 is 4.74 Å². The summed E-state index contributed by atoms with van der Waals surface area (Å²) in [7, 11) is 1.67. The van der Waals surface area contributed by atoms with Gasteiger partial charge in [0.2, 0.25) is 0 Å². The molecule has 0 saturated carbocycles. The maximum atomic E-state index is 5.38. The van der Waals surface area contributed by atoms with Crippen molar-refractivity contribution in [2.24, 2.45) is 0 Å². The van der Waals surface area contributed by atoms with Gasteiger partial charge in [-0.2, -0.15) is 0 Å². The number of halogens is 1. The van der Waals surface area contributed by atoms with Crippen LogP contribution in [-0.2, 0) is 0 Å². The van der Waals surface area contributed by atoms with E-state index in [1.807, 2.05) is 53.2 Å². The molecule has 3 rings (SSSR count). The molecule has 0 atom stereocenters. The SMILES string of the molecule is COc1ccccc1-c1ncc2cc(Br)ccn12. The molecule has 2 aromatic heterocycles. The highest BCUT2D eigenvalue weighted by atomic mass is 79.9. The number of hydrogen-bond donors (Lipinski definition) is 0. The van der Waals surface area contributed by atoms with Gasteiger partial charge in [-0.15, -0.1) is 0 Å². The maximum absolute atomic E-state index is 5.38. The third kappa shape index (κ3) is 1.78. The molecule has 0 spiro atoms. The van der Waals surface area contributed by atoms with Crippen molar-refractivity contribution in [1.82, 2.24) is 9.38 Å². The van der Waals surface area contributed by atoms with Crippen molar-refractivity contribution in [2.75, 3.05) is 7.11 Å². The molecule has 0 aliphatic heterocycles. The quantitative estimate of drug-likeness (QED) is 0.720. The highest BCUT2D eigenvalue weighted by molar-refractivity contribution is 9.10. The van der Waals surface area contributed by atoms with Crippen molar-refractivity contribution in [3.8, 4) is 17.1 Å². The number of fused-ring (bicyclic) bond motifs is 1. The molecule has 0 bridgehead atoms. The Bertz CT molecular complexity index is 706. The standard InChI is InChI=1S/C14H11BrN2O/c1-18-13-5-3-2-4-12(13)14-16-9-11-8-10(15)6-7-17(11)14/h2-9H,1H3. The largest absolute Gasteiger partial charge is 0.496 e. The minimum atomic E-state index is 0.827. The van der Waals surface area contributed by atoms with Gasteiger partial charge in [0.15, 0.2) is 0 Å². The molecule has 3 aromatic rings. The second kappa shape index (κ2) is 4.46. The zero-order valence-electron chi connectivity index (χ0n) is 9.80. The Kier molecular flexibility index (Phi) is 2.80. The zero-order chi connectivity index (χ0) is 12.5. The van der Waals surface area contributed by atoms with Gasteiger partial charge >= 0.3 is 0 Å². The van der Waals surface area contributed by atoms with Gasteiger partial charge in [-0.3, -0.25) is 4.40 Å². The Morgan fingerprint density at radius 2 is 2.06 bits per heavy atom. The van der Waals surface area contributed by atoms with Crippen LogP contribution in [0.4, 0.5) is 0 Å². The summed E-state index contributed by atoms with van der Waals surface area (Å²) < 4.78 is 8.47. The van der Waals surface area contributed by atoms with Gasteiger partial charge in [-0.25, -0.2) is 4.98 Å². The van der Waals surface area contributed by atoms with Gasteiger partial charge in [-0.05, 0) is 24.3 Å². The van der Waals surface area contributed by atoms with Crippen molar-refractivity contribution >= 4 is 21.4 Å². The predicted molar refractivity (Wildman–Crippen MR) is 74.9 cm³/mol. The molecule has 0 saturated heterocycles. The summed E-state index contributed by atoms with van der Waals surface area (Å²) in [6.07, 6.45) is 3.85. The first kappa shape index (κ1) is 11.3. The van der Waals surface area contributed by atoms with Crippen LogP contribution in [0.25, 0.3) is 16.9 Å². The second-order valence-corrected chi connectivity index (χ2v) is 4.84. The fourth-order valence-corrected chi connectivity index (χ4v) is 2.35. The number of methoxy groups -OCH3 is 1. The van der Waals surface area contributed by atoms with Gasteiger partial charge < -0.3 is 4.74 Å². The molecule has 3 nitrogen and oxygen atoms in total. The Morgan fingerprint density at radius 1 is 1.22 bits per heavy atom. The molecule has 90 valence electrons. The molecule has 0 radical (unpaired) electrons. The third-order valence-corrected chi connectivity index (χ3v) is 3.34. The summed E-state index contributed by atoms with van der Waals surface area (Å²) in [6, 6.07) is 11.9. The molecule has 0 unspecified atom stereocenters. The van der Waals surface area contributed by atoms with Crippen LogP contribution in [-0.4, -0.2) is 16.5 Å². The lowest BCUT2D eigenvalue weighted by atomic mass is 10.2. The van der Waals surface area contributed by atoms with Crippen LogP contribution in [0, 0.1) is 0 Å². The third-order valence-electron chi connectivity index (χ3n) is 2.84. The Labute approximate surface area is 113 Å². The Hall–Kier alpha value is -1.81. The van der Waals surface area contributed by atoms with E-state index in [-0.39, 0.29) is 0 Å². The van der Waals surface area contributed by atoms with Gasteiger partial charge in [0, 0.05) is 10.7 Å². The molecule has 0 amide bonds. The average Bonchev–Trinajstić information content (AvgIpc) is 2.81. The van der Waals surface area contributed by atoms with E-state index < -0.39 is 0 Å². The minimum Gasteiger partial charge on any atom is -0.496 e. The Balaban J connectivity index is 2.26. The molecule has 4 heteroatoms. The number of ether oxygens (including phenoxy) is 1. The number of pyridine rings is 1. The smallest absolute Gasteiger partial charge is 0.148 e. The van der Waals surface area contributed by atoms with Gasteiger partial charge in [0.25, 0.3) is 0 Å². The molecule has 18 heavy (non-hydrogen) atoms. The number of benzene rings is 1. The molecule has 1 aromatic carbocycles. The average molecular weight is 303 g/mol. The predicted octanol–water partition coefficient (Wildman–Crippen LogP) is 3.77. The number of hydrogen-bond acceptors (Lipinski definition) is 2. The summed E-state index contributed by atoms with van der Waals surface area (Å²) in [4.78, 5) is 4.48.